The third-order valence-corrected chi connectivity index (χ3v) is 2.39. The minimum absolute atomic E-state index is 0.448. The van der Waals surface area contributed by atoms with Crippen molar-refractivity contribution in [3.63, 3.8) is 0 Å². The predicted octanol–water partition coefficient (Wildman–Crippen LogP) is -0.560. The minimum Gasteiger partial charge on any atom is -0.479 e. The maximum atomic E-state index is 11.8. The number of carbonyl (C=O) groups is 4. The highest BCUT2D eigenvalue weighted by atomic mass is 16.6. The largest absolute Gasteiger partial charge is 0.479 e. The summed E-state index contributed by atoms with van der Waals surface area (Å²) in [7, 11) is 0. The van der Waals surface area contributed by atoms with Gasteiger partial charge in [-0.25, -0.2) is 19.2 Å². The quantitative estimate of drug-likeness (QED) is 0.505. The second-order valence-corrected chi connectivity index (χ2v) is 3.80. The van der Waals surface area contributed by atoms with E-state index in [4.69, 9.17) is 20.4 Å². The van der Waals surface area contributed by atoms with Crippen molar-refractivity contribution >= 4 is 23.9 Å². The van der Waals surface area contributed by atoms with Gasteiger partial charge < -0.3 is 25.2 Å². The molecule has 2 unspecified atom stereocenters. The molecule has 1 rings (SSSR count). The van der Waals surface area contributed by atoms with Crippen LogP contribution in [-0.2, 0) is 14.3 Å². The highest BCUT2D eigenvalue weighted by Gasteiger charge is 2.36. The number of benzene rings is 1. The van der Waals surface area contributed by atoms with Crippen LogP contribution in [0.2, 0.25) is 0 Å². The number of hydrogen-bond donors (Lipinski definition) is 4. The molecule has 1 aromatic carbocycles. The van der Waals surface area contributed by atoms with Crippen molar-refractivity contribution in [3.05, 3.63) is 35.4 Å². The highest BCUT2D eigenvalue weighted by molar-refractivity contribution is 6.03. The van der Waals surface area contributed by atoms with Crippen LogP contribution in [0.1, 0.15) is 20.7 Å². The first-order chi connectivity index (χ1) is 9.75. The molecule has 9 nitrogen and oxygen atoms in total. The van der Waals surface area contributed by atoms with E-state index in [-0.39, 0.29) is 0 Å². The molecular formula is C12H10O9. The van der Waals surface area contributed by atoms with Crippen LogP contribution in [0, 0.1) is 0 Å². The maximum absolute atomic E-state index is 11.8. The zero-order chi connectivity index (χ0) is 16.2. The first-order valence-corrected chi connectivity index (χ1v) is 5.42. The number of hydrogen-bond acceptors (Lipinski definition) is 6. The molecule has 112 valence electrons. The monoisotopic (exact) mass is 298 g/mol. The normalized spacial score (nSPS) is 13.0. The van der Waals surface area contributed by atoms with E-state index in [1.54, 1.807) is 0 Å². The fourth-order valence-electron chi connectivity index (χ4n) is 1.41. The number of aliphatic hydroxyl groups is 1. The Labute approximate surface area is 117 Å². The van der Waals surface area contributed by atoms with E-state index >= 15 is 0 Å². The number of rotatable bonds is 6. The molecule has 1 aromatic rings. The minimum atomic E-state index is -2.48. The molecule has 4 N–H and O–H groups in total. The van der Waals surface area contributed by atoms with E-state index in [1.807, 2.05) is 0 Å². The number of aromatic carboxylic acids is 1. The summed E-state index contributed by atoms with van der Waals surface area (Å²) in [5.41, 5.74) is -0.912. The third kappa shape index (κ3) is 3.76. The molecule has 0 amide bonds. The maximum Gasteiger partial charge on any atom is 0.348 e. The lowest BCUT2D eigenvalue weighted by Crippen LogP contribution is -2.43. The van der Waals surface area contributed by atoms with Crippen LogP contribution in [0.25, 0.3) is 0 Å². The van der Waals surface area contributed by atoms with E-state index in [9.17, 15) is 19.2 Å². The van der Waals surface area contributed by atoms with Crippen molar-refractivity contribution in [2.24, 2.45) is 0 Å². The Balaban J connectivity index is 3.06. The summed E-state index contributed by atoms with van der Waals surface area (Å²) in [5, 5.41) is 35.3. The lowest BCUT2D eigenvalue weighted by atomic mass is 10.1. The second kappa shape index (κ2) is 6.48. The average molecular weight is 298 g/mol. The molecular weight excluding hydrogens is 288 g/mol. The molecule has 21 heavy (non-hydrogen) atoms. The van der Waals surface area contributed by atoms with Crippen molar-refractivity contribution in [1.29, 1.82) is 0 Å². The SMILES string of the molecule is O=C(O)c1ccccc1C(=O)OC(C(=O)O)C(O)C(=O)O. The predicted molar refractivity (Wildman–Crippen MR) is 63.9 cm³/mol. The molecule has 2 atom stereocenters. The van der Waals surface area contributed by atoms with Crippen molar-refractivity contribution in [2.45, 2.75) is 12.2 Å². The Bertz CT molecular complexity index is 592. The lowest BCUT2D eigenvalue weighted by molar-refractivity contribution is -0.166. The zero-order valence-corrected chi connectivity index (χ0v) is 10.3. The van der Waals surface area contributed by atoms with Crippen LogP contribution in [0.15, 0.2) is 24.3 Å². The number of aliphatic carboxylic acids is 2. The number of ether oxygens (including phenoxy) is 1. The summed E-state index contributed by atoms with van der Waals surface area (Å²) < 4.78 is 4.38. The highest BCUT2D eigenvalue weighted by Crippen LogP contribution is 2.13. The van der Waals surface area contributed by atoms with Gasteiger partial charge in [0, 0.05) is 0 Å². The van der Waals surface area contributed by atoms with Gasteiger partial charge in [0.25, 0.3) is 0 Å². The molecule has 0 saturated carbocycles. The molecule has 0 aliphatic carbocycles. The molecule has 0 saturated heterocycles. The summed E-state index contributed by atoms with van der Waals surface area (Å²) in [6.07, 6.45) is -4.85. The van der Waals surface area contributed by atoms with Crippen LogP contribution in [0.4, 0.5) is 0 Å². The smallest absolute Gasteiger partial charge is 0.348 e. The third-order valence-electron chi connectivity index (χ3n) is 2.39. The summed E-state index contributed by atoms with van der Waals surface area (Å²) >= 11 is 0. The van der Waals surface area contributed by atoms with Gasteiger partial charge in [0.05, 0.1) is 11.1 Å². The van der Waals surface area contributed by atoms with Crippen LogP contribution in [0.5, 0.6) is 0 Å². The number of esters is 1. The van der Waals surface area contributed by atoms with E-state index < -0.39 is 47.2 Å². The van der Waals surface area contributed by atoms with Crippen molar-refractivity contribution in [2.75, 3.05) is 0 Å². The van der Waals surface area contributed by atoms with E-state index in [0.29, 0.717) is 0 Å². The fourth-order valence-corrected chi connectivity index (χ4v) is 1.41. The van der Waals surface area contributed by atoms with Gasteiger partial charge in [-0.3, -0.25) is 0 Å². The van der Waals surface area contributed by atoms with Crippen LogP contribution < -0.4 is 0 Å². The topological polar surface area (TPSA) is 158 Å². The fraction of sp³-hybridized carbons (Fsp3) is 0.167. The van der Waals surface area contributed by atoms with Gasteiger partial charge in [-0.1, -0.05) is 12.1 Å². The average Bonchev–Trinajstić information content (AvgIpc) is 2.43. The second-order valence-electron chi connectivity index (χ2n) is 3.80. The number of carboxylic acid groups (broad SMARTS) is 3. The molecule has 0 radical (unpaired) electrons. The van der Waals surface area contributed by atoms with Crippen molar-refractivity contribution in [1.82, 2.24) is 0 Å². The summed E-state index contributed by atoms with van der Waals surface area (Å²) in [6, 6.07) is 4.80. The number of carboxylic acids is 3. The molecule has 0 fully saturated rings. The first kappa shape index (κ1) is 16.1. The van der Waals surface area contributed by atoms with E-state index in [2.05, 4.69) is 4.74 Å². The lowest BCUT2D eigenvalue weighted by Gasteiger charge is -2.16. The summed E-state index contributed by atoms with van der Waals surface area (Å²) in [6.45, 7) is 0. The van der Waals surface area contributed by atoms with Crippen LogP contribution in [-0.4, -0.2) is 56.5 Å². The standard InChI is InChI=1S/C12H10O9/c13-7(10(16)17)8(11(18)19)21-12(20)6-4-2-1-3-5(6)9(14)15/h1-4,7-8,13H,(H,14,15)(H,16,17)(H,18,19). The van der Waals surface area contributed by atoms with Gasteiger partial charge in [0.1, 0.15) is 0 Å². The van der Waals surface area contributed by atoms with Gasteiger partial charge >= 0.3 is 23.9 Å². The molecule has 9 heteroatoms. The molecule has 0 heterocycles. The Morgan fingerprint density at radius 1 is 0.905 bits per heavy atom. The van der Waals surface area contributed by atoms with Gasteiger partial charge in [-0.2, -0.15) is 0 Å². The zero-order valence-electron chi connectivity index (χ0n) is 10.3. The van der Waals surface area contributed by atoms with Gasteiger partial charge in [0.15, 0.2) is 6.10 Å². The molecule has 0 aromatic heterocycles. The Hall–Kier alpha value is -2.94. The molecule has 0 bridgehead atoms. The van der Waals surface area contributed by atoms with E-state index in [0.717, 1.165) is 12.1 Å². The van der Waals surface area contributed by atoms with Gasteiger partial charge in [-0.05, 0) is 12.1 Å². The molecule has 0 aliphatic rings. The Morgan fingerprint density at radius 2 is 1.43 bits per heavy atom. The van der Waals surface area contributed by atoms with E-state index in [1.165, 1.54) is 12.1 Å². The van der Waals surface area contributed by atoms with Crippen molar-refractivity contribution in [3.8, 4) is 0 Å². The molecule has 0 aliphatic heterocycles. The summed E-state index contributed by atoms with van der Waals surface area (Å²) in [4.78, 5) is 44.0. The Kier molecular flexibility index (Phi) is 4.97. The van der Waals surface area contributed by atoms with Crippen molar-refractivity contribution < 1.29 is 44.3 Å². The van der Waals surface area contributed by atoms with Gasteiger partial charge in [0.2, 0.25) is 6.10 Å². The summed E-state index contributed by atoms with van der Waals surface area (Å²) in [5.74, 6) is -6.61. The van der Waals surface area contributed by atoms with Gasteiger partial charge in [-0.15, -0.1) is 0 Å². The van der Waals surface area contributed by atoms with Crippen LogP contribution >= 0.6 is 0 Å². The number of carbonyl (C=O) groups excluding carboxylic acids is 1. The van der Waals surface area contributed by atoms with Crippen LogP contribution in [0.3, 0.4) is 0 Å². The first-order valence-electron chi connectivity index (χ1n) is 5.42. The molecule has 0 spiro atoms. The Morgan fingerprint density at radius 3 is 1.86 bits per heavy atom. The number of aliphatic hydroxyl groups excluding tert-OH is 1.